The molecule has 1 amide bonds. The predicted octanol–water partition coefficient (Wildman–Crippen LogP) is 4.36. The molecule has 0 aromatic heterocycles. The topological polar surface area (TPSA) is 50.4 Å². The zero-order valence-corrected chi connectivity index (χ0v) is 15.1. The molecule has 0 spiro atoms. The summed E-state index contributed by atoms with van der Waals surface area (Å²) >= 11 is 17.8. The molecule has 0 aliphatic carbocycles. The fourth-order valence-electron chi connectivity index (χ4n) is 1.77. The van der Waals surface area contributed by atoms with Gasteiger partial charge in [0.15, 0.2) is 0 Å². The van der Waals surface area contributed by atoms with Crippen LogP contribution in [0.1, 0.15) is 27.2 Å². The predicted molar refractivity (Wildman–Crippen MR) is 92.9 cm³/mol. The van der Waals surface area contributed by atoms with Crippen molar-refractivity contribution in [3.8, 4) is 5.75 Å². The van der Waals surface area contributed by atoms with Gasteiger partial charge in [-0.25, -0.2) is 0 Å². The average molecular weight is 368 g/mol. The number of nitrogens with one attached hydrogen (secondary N) is 2. The number of ether oxygens (including phenoxy) is 1. The first-order valence-corrected chi connectivity index (χ1v) is 8.21. The van der Waals surface area contributed by atoms with Crippen LogP contribution in [0, 0.1) is 5.92 Å². The summed E-state index contributed by atoms with van der Waals surface area (Å²) in [7, 11) is 0. The molecule has 124 valence electrons. The highest BCUT2D eigenvalue weighted by Gasteiger charge is 2.34. The van der Waals surface area contributed by atoms with Crippen LogP contribution in [0.25, 0.3) is 0 Å². The Morgan fingerprint density at radius 2 is 1.82 bits per heavy atom. The van der Waals surface area contributed by atoms with Crippen LogP contribution in [-0.2, 0) is 4.79 Å². The first kappa shape index (κ1) is 19.2. The van der Waals surface area contributed by atoms with E-state index in [4.69, 9.17) is 39.5 Å². The number of anilines is 1. The van der Waals surface area contributed by atoms with Crippen LogP contribution < -0.4 is 15.4 Å². The fraction of sp³-hybridized carbons (Fsp3) is 0.533. The van der Waals surface area contributed by atoms with Gasteiger partial charge in [-0.2, -0.15) is 0 Å². The van der Waals surface area contributed by atoms with Gasteiger partial charge >= 0.3 is 0 Å². The number of hydrogen-bond acceptors (Lipinski definition) is 3. The van der Waals surface area contributed by atoms with Gasteiger partial charge in [-0.05, 0) is 37.1 Å². The molecule has 0 heterocycles. The van der Waals surface area contributed by atoms with Crippen molar-refractivity contribution in [1.29, 1.82) is 0 Å². The quantitative estimate of drug-likeness (QED) is 0.556. The molecule has 1 aromatic carbocycles. The number of rotatable bonds is 7. The summed E-state index contributed by atoms with van der Waals surface area (Å²) in [6, 6.07) is 7.19. The van der Waals surface area contributed by atoms with E-state index in [2.05, 4.69) is 10.6 Å². The first-order chi connectivity index (χ1) is 10.2. The maximum Gasteiger partial charge on any atom is 0.228 e. The van der Waals surface area contributed by atoms with E-state index in [0.717, 1.165) is 5.75 Å². The third kappa shape index (κ3) is 6.95. The number of amides is 1. The van der Waals surface area contributed by atoms with Crippen molar-refractivity contribution in [2.24, 2.45) is 5.92 Å². The summed E-state index contributed by atoms with van der Waals surface area (Å²) in [6.07, 6.45) is -0.468. The second kappa shape index (κ2) is 8.70. The second-order valence-corrected chi connectivity index (χ2v) is 7.61. The van der Waals surface area contributed by atoms with Crippen LogP contribution in [-0.4, -0.2) is 22.5 Å². The fourth-order valence-corrected chi connectivity index (χ4v) is 2.10. The van der Waals surface area contributed by atoms with Crippen LogP contribution in [0.3, 0.4) is 0 Å². The molecule has 0 saturated heterocycles. The van der Waals surface area contributed by atoms with E-state index in [9.17, 15) is 4.79 Å². The Labute approximate surface area is 146 Å². The number of carbonyl (C=O) groups excluding carboxylic acids is 1. The van der Waals surface area contributed by atoms with Gasteiger partial charge in [0.1, 0.15) is 11.9 Å². The van der Waals surface area contributed by atoms with E-state index >= 15 is 0 Å². The van der Waals surface area contributed by atoms with Gasteiger partial charge in [-0.1, -0.05) is 48.7 Å². The number of halogens is 3. The molecule has 0 radical (unpaired) electrons. The third-order valence-electron chi connectivity index (χ3n) is 2.70. The van der Waals surface area contributed by atoms with E-state index in [-0.39, 0.29) is 11.8 Å². The Morgan fingerprint density at radius 1 is 1.23 bits per heavy atom. The molecule has 0 fully saturated rings. The Kier molecular flexibility index (Phi) is 7.60. The van der Waals surface area contributed by atoms with Crippen molar-refractivity contribution < 1.29 is 9.53 Å². The molecule has 1 rings (SSSR count). The number of alkyl halides is 3. The van der Waals surface area contributed by atoms with Crippen molar-refractivity contribution in [3.05, 3.63) is 24.3 Å². The Bertz CT molecular complexity index is 473. The molecule has 1 unspecified atom stereocenters. The summed E-state index contributed by atoms with van der Waals surface area (Å²) < 4.78 is 3.69. The molecule has 0 saturated carbocycles. The summed E-state index contributed by atoms with van der Waals surface area (Å²) in [4.78, 5) is 11.9. The smallest absolute Gasteiger partial charge is 0.228 e. The lowest BCUT2D eigenvalue weighted by atomic mass is 10.1. The molecule has 2 N–H and O–H groups in total. The third-order valence-corrected chi connectivity index (χ3v) is 3.36. The van der Waals surface area contributed by atoms with Crippen molar-refractivity contribution in [1.82, 2.24) is 5.32 Å². The largest absolute Gasteiger partial charge is 0.494 e. The highest BCUT2D eigenvalue weighted by molar-refractivity contribution is 6.68. The highest BCUT2D eigenvalue weighted by atomic mass is 35.6. The van der Waals surface area contributed by atoms with Crippen LogP contribution in [0.15, 0.2) is 24.3 Å². The summed E-state index contributed by atoms with van der Waals surface area (Å²) in [5, 5.41) is 5.71. The van der Waals surface area contributed by atoms with Gasteiger partial charge in [0.25, 0.3) is 0 Å². The van der Waals surface area contributed by atoms with Crippen molar-refractivity contribution >= 4 is 46.4 Å². The standard InChI is InChI=1S/C15H21Cl3N2O2/c1-4-22-12-7-5-11(6-8-12)19-14(15(16,17)18)20-13(21)9-10(2)3/h5-8,10,14,19H,4,9H2,1-3H3,(H,20,21). The number of carbonyl (C=O) groups is 1. The second-order valence-electron chi connectivity index (χ2n) is 5.24. The minimum absolute atomic E-state index is 0.176. The molecular formula is C15H21Cl3N2O2. The minimum Gasteiger partial charge on any atom is -0.494 e. The van der Waals surface area contributed by atoms with Gasteiger partial charge in [0, 0.05) is 12.1 Å². The molecule has 1 aromatic rings. The lowest BCUT2D eigenvalue weighted by molar-refractivity contribution is -0.122. The SMILES string of the molecule is CCOc1ccc(NC(NC(=O)CC(C)C)C(Cl)(Cl)Cl)cc1. The monoisotopic (exact) mass is 366 g/mol. The van der Waals surface area contributed by atoms with E-state index in [1.54, 1.807) is 24.3 Å². The van der Waals surface area contributed by atoms with Crippen LogP contribution in [0.2, 0.25) is 0 Å². The summed E-state index contributed by atoms with van der Waals surface area (Å²) in [5.74, 6) is 0.800. The zero-order chi connectivity index (χ0) is 16.8. The van der Waals surface area contributed by atoms with E-state index < -0.39 is 9.96 Å². The van der Waals surface area contributed by atoms with Gasteiger partial charge in [-0.3, -0.25) is 4.79 Å². The van der Waals surface area contributed by atoms with E-state index in [1.807, 2.05) is 20.8 Å². The summed E-state index contributed by atoms with van der Waals surface area (Å²) in [6.45, 7) is 6.40. The van der Waals surface area contributed by atoms with Gasteiger partial charge in [-0.15, -0.1) is 0 Å². The average Bonchev–Trinajstić information content (AvgIpc) is 2.38. The minimum atomic E-state index is -1.68. The first-order valence-electron chi connectivity index (χ1n) is 7.07. The molecule has 7 heteroatoms. The van der Waals surface area contributed by atoms with E-state index in [0.29, 0.717) is 18.7 Å². The van der Waals surface area contributed by atoms with Crippen molar-refractivity contribution in [2.45, 2.75) is 37.2 Å². The maximum atomic E-state index is 11.9. The van der Waals surface area contributed by atoms with Crippen LogP contribution >= 0.6 is 34.8 Å². The van der Waals surface area contributed by atoms with Gasteiger partial charge in [0.05, 0.1) is 6.61 Å². The molecule has 0 aliphatic heterocycles. The lowest BCUT2D eigenvalue weighted by Crippen LogP contribution is -2.49. The lowest BCUT2D eigenvalue weighted by Gasteiger charge is -2.27. The number of hydrogen-bond donors (Lipinski definition) is 2. The van der Waals surface area contributed by atoms with Crippen LogP contribution in [0.5, 0.6) is 5.75 Å². The molecule has 1 atom stereocenters. The highest BCUT2D eigenvalue weighted by Crippen LogP contribution is 2.31. The van der Waals surface area contributed by atoms with Gasteiger partial charge < -0.3 is 15.4 Å². The van der Waals surface area contributed by atoms with Crippen molar-refractivity contribution in [3.63, 3.8) is 0 Å². The number of benzene rings is 1. The van der Waals surface area contributed by atoms with E-state index in [1.165, 1.54) is 0 Å². The summed E-state index contributed by atoms with van der Waals surface area (Å²) in [5.41, 5.74) is 0.713. The molecule has 4 nitrogen and oxygen atoms in total. The molecule has 0 bridgehead atoms. The molecule has 0 aliphatic rings. The van der Waals surface area contributed by atoms with Gasteiger partial charge in [0.2, 0.25) is 9.70 Å². The Balaban J connectivity index is 2.74. The maximum absolute atomic E-state index is 11.9. The Morgan fingerprint density at radius 3 is 2.27 bits per heavy atom. The molecular weight excluding hydrogens is 347 g/mol. The normalized spacial score (nSPS) is 12.9. The Hall–Kier alpha value is -0.840. The van der Waals surface area contributed by atoms with Crippen molar-refractivity contribution in [2.75, 3.05) is 11.9 Å². The zero-order valence-electron chi connectivity index (χ0n) is 12.8. The van der Waals surface area contributed by atoms with Crippen LogP contribution in [0.4, 0.5) is 5.69 Å². The molecule has 22 heavy (non-hydrogen) atoms.